The van der Waals surface area contributed by atoms with Gasteiger partial charge in [0.15, 0.2) is 0 Å². The van der Waals surface area contributed by atoms with Gasteiger partial charge >= 0.3 is 7.12 Å². The second-order valence-corrected chi connectivity index (χ2v) is 8.36. The van der Waals surface area contributed by atoms with Gasteiger partial charge in [-0.05, 0) is 64.3 Å². The van der Waals surface area contributed by atoms with E-state index in [1.54, 1.807) is 66.7 Å². The third kappa shape index (κ3) is 5.70. The van der Waals surface area contributed by atoms with Crippen LogP contribution in [0.15, 0.2) is 77.7 Å². The van der Waals surface area contributed by atoms with Crippen LogP contribution in [-0.4, -0.2) is 33.2 Å². The number of carbonyl (C=O) groups excluding carboxylic acids is 2. The van der Waals surface area contributed by atoms with Gasteiger partial charge < -0.3 is 14.8 Å². The molecule has 0 aromatic heterocycles. The average molecular weight is 463 g/mol. The Kier molecular flexibility index (Phi) is 6.93. The smallest absolute Gasteiger partial charge is 0.488 e. The number of ether oxygens (including phenoxy) is 1. The lowest BCUT2D eigenvalue weighted by molar-refractivity contribution is -0.123. The molecular formula is C24H19BFNO5S. The summed E-state index contributed by atoms with van der Waals surface area (Å²) in [6.07, 6.45) is 1.65. The molecule has 0 spiro atoms. The highest BCUT2D eigenvalue weighted by Gasteiger charge is 2.34. The number of carbonyl (C=O) groups is 2. The van der Waals surface area contributed by atoms with Crippen LogP contribution in [0, 0.1) is 5.82 Å². The molecule has 1 fully saturated rings. The number of benzene rings is 3. The molecule has 1 aliphatic heterocycles. The quantitative estimate of drug-likeness (QED) is 0.413. The van der Waals surface area contributed by atoms with Crippen molar-refractivity contribution in [3.05, 3.63) is 100 Å². The van der Waals surface area contributed by atoms with Crippen molar-refractivity contribution in [3.8, 4) is 5.75 Å². The standard InChI is InChI=1S/C24H19BFNO5S/c26-20-9-3-17(4-10-20)14-27-23(28)22(33-24(27)29)13-16-5-11-21(12-6-16)32-15-18-1-7-19(8-2-18)25(30)31/h1-13,30-31H,14-15H2/b22-13+. The maximum absolute atomic E-state index is 13.1. The molecule has 1 saturated heterocycles. The van der Waals surface area contributed by atoms with Crippen molar-refractivity contribution in [2.24, 2.45) is 0 Å². The molecule has 6 nitrogen and oxygen atoms in total. The largest absolute Gasteiger partial charge is 0.489 e. The van der Waals surface area contributed by atoms with Crippen LogP contribution in [0.5, 0.6) is 5.75 Å². The average Bonchev–Trinajstić information content (AvgIpc) is 3.07. The monoisotopic (exact) mass is 463 g/mol. The first-order chi connectivity index (χ1) is 15.9. The lowest BCUT2D eigenvalue weighted by atomic mass is 9.80. The van der Waals surface area contributed by atoms with E-state index in [0.29, 0.717) is 28.3 Å². The predicted molar refractivity (Wildman–Crippen MR) is 125 cm³/mol. The molecule has 0 radical (unpaired) electrons. The molecule has 1 aliphatic rings. The number of imide groups is 1. The summed E-state index contributed by atoms with van der Waals surface area (Å²) in [5, 5.41) is 17.9. The van der Waals surface area contributed by atoms with Crippen molar-refractivity contribution >= 4 is 41.6 Å². The molecule has 0 unspecified atom stereocenters. The topological polar surface area (TPSA) is 87.1 Å². The Hall–Kier alpha value is -3.40. The van der Waals surface area contributed by atoms with Crippen molar-refractivity contribution in [2.75, 3.05) is 0 Å². The summed E-state index contributed by atoms with van der Waals surface area (Å²) in [4.78, 5) is 26.4. The van der Waals surface area contributed by atoms with E-state index < -0.39 is 7.12 Å². The van der Waals surface area contributed by atoms with E-state index in [-0.39, 0.29) is 23.5 Å². The molecule has 3 aromatic carbocycles. The minimum Gasteiger partial charge on any atom is -0.489 e. The fraction of sp³-hybridized carbons (Fsp3) is 0.0833. The zero-order valence-electron chi connectivity index (χ0n) is 17.3. The molecular weight excluding hydrogens is 444 g/mol. The maximum atomic E-state index is 13.1. The molecule has 4 rings (SSSR count). The van der Waals surface area contributed by atoms with Gasteiger partial charge in [0.2, 0.25) is 0 Å². The summed E-state index contributed by atoms with van der Waals surface area (Å²) in [7, 11) is -1.50. The van der Waals surface area contributed by atoms with Gasteiger partial charge in [-0.3, -0.25) is 14.5 Å². The van der Waals surface area contributed by atoms with Crippen molar-refractivity contribution in [1.82, 2.24) is 4.90 Å². The number of rotatable bonds is 7. The van der Waals surface area contributed by atoms with Crippen LogP contribution in [0.2, 0.25) is 0 Å². The van der Waals surface area contributed by atoms with E-state index in [2.05, 4.69) is 0 Å². The molecule has 3 aromatic rings. The van der Waals surface area contributed by atoms with E-state index in [4.69, 9.17) is 14.8 Å². The summed E-state index contributed by atoms with van der Waals surface area (Å²) in [6.45, 7) is 0.400. The van der Waals surface area contributed by atoms with Crippen LogP contribution in [0.1, 0.15) is 16.7 Å². The Balaban J connectivity index is 1.37. The van der Waals surface area contributed by atoms with Crippen LogP contribution in [-0.2, 0) is 17.9 Å². The Morgan fingerprint density at radius 3 is 2.18 bits per heavy atom. The number of amides is 2. The normalized spacial score (nSPS) is 14.8. The minimum atomic E-state index is -1.50. The SMILES string of the molecule is O=C1S/C(=C/c2ccc(OCc3ccc(B(O)O)cc3)cc2)C(=O)N1Cc1ccc(F)cc1. The van der Waals surface area contributed by atoms with Crippen molar-refractivity contribution < 1.29 is 28.8 Å². The molecule has 2 amide bonds. The Labute approximate surface area is 194 Å². The van der Waals surface area contributed by atoms with Gasteiger partial charge in [-0.1, -0.05) is 48.5 Å². The molecule has 1 heterocycles. The number of nitrogens with zero attached hydrogens (tertiary/aromatic N) is 1. The van der Waals surface area contributed by atoms with E-state index in [0.717, 1.165) is 27.8 Å². The molecule has 0 aliphatic carbocycles. The van der Waals surface area contributed by atoms with Gasteiger partial charge in [-0.15, -0.1) is 0 Å². The lowest BCUT2D eigenvalue weighted by Crippen LogP contribution is -2.29. The lowest BCUT2D eigenvalue weighted by Gasteiger charge is -2.12. The van der Waals surface area contributed by atoms with Crippen molar-refractivity contribution in [2.45, 2.75) is 13.2 Å². The highest BCUT2D eigenvalue weighted by atomic mass is 32.2. The number of hydrogen-bond acceptors (Lipinski definition) is 6. The number of hydrogen-bond donors (Lipinski definition) is 2. The zero-order chi connectivity index (χ0) is 23.4. The van der Waals surface area contributed by atoms with Gasteiger partial charge in [0.1, 0.15) is 18.2 Å². The predicted octanol–water partition coefficient (Wildman–Crippen LogP) is 3.32. The van der Waals surface area contributed by atoms with Crippen LogP contribution in [0.25, 0.3) is 6.08 Å². The van der Waals surface area contributed by atoms with Gasteiger partial charge in [0, 0.05) is 0 Å². The number of halogens is 1. The summed E-state index contributed by atoms with van der Waals surface area (Å²) >= 11 is 0.871. The van der Waals surface area contributed by atoms with Gasteiger partial charge in [-0.2, -0.15) is 0 Å². The second-order valence-electron chi connectivity index (χ2n) is 7.37. The third-order valence-electron chi connectivity index (χ3n) is 4.99. The van der Waals surface area contributed by atoms with Crippen LogP contribution >= 0.6 is 11.8 Å². The summed E-state index contributed by atoms with van der Waals surface area (Å²) in [5.74, 6) is -0.131. The fourth-order valence-corrected chi connectivity index (χ4v) is 4.01. The van der Waals surface area contributed by atoms with E-state index in [1.807, 2.05) is 0 Å². The van der Waals surface area contributed by atoms with Crippen molar-refractivity contribution in [3.63, 3.8) is 0 Å². The number of thioether (sulfide) groups is 1. The molecule has 2 N–H and O–H groups in total. The Morgan fingerprint density at radius 1 is 0.909 bits per heavy atom. The van der Waals surface area contributed by atoms with Crippen LogP contribution in [0.4, 0.5) is 9.18 Å². The zero-order valence-corrected chi connectivity index (χ0v) is 18.2. The summed E-state index contributed by atoms with van der Waals surface area (Å²) in [5.41, 5.74) is 2.70. The Bertz CT molecular complexity index is 1180. The molecule has 0 atom stereocenters. The highest BCUT2D eigenvalue weighted by molar-refractivity contribution is 8.18. The first-order valence-electron chi connectivity index (χ1n) is 10.1. The third-order valence-corrected chi connectivity index (χ3v) is 5.90. The molecule has 33 heavy (non-hydrogen) atoms. The van der Waals surface area contributed by atoms with Crippen molar-refractivity contribution in [1.29, 1.82) is 0 Å². The Morgan fingerprint density at radius 2 is 1.55 bits per heavy atom. The first-order valence-corrected chi connectivity index (χ1v) is 10.9. The molecule has 0 saturated carbocycles. The van der Waals surface area contributed by atoms with E-state index in [1.165, 1.54) is 12.1 Å². The minimum absolute atomic E-state index is 0.0906. The van der Waals surface area contributed by atoms with Gasteiger partial charge in [-0.25, -0.2) is 4.39 Å². The molecule has 0 bridgehead atoms. The van der Waals surface area contributed by atoms with Crippen LogP contribution in [0.3, 0.4) is 0 Å². The van der Waals surface area contributed by atoms with Crippen LogP contribution < -0.4 is 10.2 Å². The van der Waals surface area contributed by atoms with E-state index >= 15 is 0 Å². The van der Waals surface area contributed by atoms with Gasteiger partial charge in [0.05, 0.1) is 11.4 Å². The maximum Gasteiger partial charge on any atom is 0.488 e. The second kappa shape index (κ2) is 10.0. The molecule has 9 heteroatoms. The summed E-state index contributed by atoms with van der Waals surface area (Å²) in [6, 6.07) is 19.5. The summed E-state index contributed by atoms with van der Waals surface area (Å²) < 4.78 is 18.8. The van der Waals surface area contributed by atoms with Gasteiger partial charge in [0.25, 0.3) is 11.1 Å². The molecule has 166 valence electrons. The fourth-order valence-electron chi connectivity index (χ4n) is 3.17. The first kappa shape index (κ1) is 22.8. The van der Waals surface area contributed by atoms with E-state index in [9.17, 15) is 14.0 Å². The highest BCUT2D eigenvalue weighted by Crippen LogP contribution is 2.33.